The van der Waals surface area contributed by atoms with Crippen molar-refractivity contribution >= 4 is 22.2 Å². The van der Waals surface area contributed by atoms with Crippen LogP contribution in [0.4, 0.5) is 0 Å². The first-order valence-corrected chi connectivity index (χ1v) is 12.1. The first-order valence-electron chi connectivity index (χ1n) is 10.7. The predicted octanol–water partition coefficient (Wildman–Crippen LogP) is 4.29. The average Bonchev–Trinajstić information content (AvgIpc) is 2.79. The molecule has 2 bridgehead atoms. The molecule has 4 nitrogen and oxygen atoms in total. The number of nitrogens with one attached hydrogen (secondary N) is 1. The summed E-state index contributed by atoms with van der Waals surface area (Å²) in [4.78, 5) is 0.419. The van der Waals surface area contributed by atoms with Crippen molar-refractivity contribution in [1.82, 2.24) is 9.62 Å². The molecule has 3 saturated heterocycles. The summed E-state index contributed by atoms with van der Waals surface area (Å²) in [5, 5.41) is 3.54. The van der Waals surface area contributed by atoms with Crippen molar-refractivity contribution in [2.45, 2.75) is 29.8 Å². The van der Waals surface area contributed by atoms with Gasteiger partial charge < -0.3 is 5.32 Å². The van der Waals surface area contributed by atoms with Crippen LogP contribution in [0.25, 0.3) is 12.2 Å². The van der Waals surface area contributed by atoms with E-state index in [0.29, 0.717) is 23.9 Å². The molecule has 1 N–H and O–H groups in total. The Hall–Kier alpha value is -2.73. The first-order chi connectivity index (χ1) is 15.0. The molecule has 3 atom stereocenters. The van der Waals surface area contributed by atoms with Crippen molar-refractivity contribution in [3.05, 3.63) is 101 Å². The lowest BCUT2D eigenvalue weighted by molar-refractivity contribution is 0.102. The van der Waals surface area contributed by atoms with Gasteiger partial charge in [-0.2, -0.15) is 4.31 Å². The minimum absolute atomic E-state index is 0.156. The highest BCUT2D eigenvalue weighted by molar-refractivity contribution is 7.89. The minimum Gasteiger partial charge on any atom is -0.307 e. The fourth-order valence-electron chi connectivity index (χ4n) is 4.72. The Morgan fingerprint density at radius 1 is 0.806 bits per heavy atom. The van der Waals surface area contributed by atoms with E-state index in [0.717, 1.165) is 11.1 Å². The van der Waals surface area contributed by atoms with Crippen LogP contribution in [0.3, 0.4) is 0 Å². The number of benzene rings is 3. The van der Waals surface area contributed by atoms with Gasteiger partial charge in [0.2, 0.25) is 10.0 Å². The fourth-order valence-corrected chi connectivity index (χ4v) is 6.44. The zero-order chi connectivity index (χ0) is 21.4. The molecule has 0 aromatic heterocycles. The molecular weight excluding hydrogens is 404 g/mol. The van der Waals surface area contributed by atoms with Crippen LogP contribution in [0.5, 0.6) is 0 Å². The van der Waals surface area contributed by atoms with Crippen molar-refractivity contribution < 1.29 is 8.42 Å². The number of fused-ring (bicyclic) bond motifs is 2. The van der Waals surface area contributed by atoms with Crippen LogP contribution in [0.1, 0.15) is 28.2 Å². The highest BCUT2D eigenvalue weighted by Gasteiger charge is 2.49. The second-order valence-electron chi connectivity index (χ2n) is 8.40. The summed E-state index contributed by atoms with van der Waals surface area (Å²) in [5.74, 6) is 0.357. The third-order valence-electron chi connectivity index (χ3n) is 6.40. The molecule has 1 unspecified atom stereocenters. The Morgan fingerprint density at radius 3 is 2.03 bits per heavy atom. The molecule has 31 heavy (non-hydrogen) atoms. The molecule has 3 fully saturated rings. The number of piperidine rings is 1. The molecule has 3 aromatic rings. The van der Waals surface area contributed by atoms with Gasteiger partial charge in [0, 0.05) is 31.1 Å². The molecule has 3 aliphatic rings. The van der Waals surface area contributed by atoms with E-state index < -0.39 is 10.0 Å². The lowest BCUT2D eigenvalue weighted by Gasteiger charge is -2.54. The molecule has 0 spiro atoms. The van der Waals surface area contributed by atoms with Gasteiger partial charge in [-0.15, -0.1) is 0 Å². The lowest BCUT2D eigenvalue weighted by atomic mass is 9.75. The predicted molar refractivity (Wildman–Crippen MR) is 125 cm³/mol. The van der Waals surface area contributed by atoms with Crippen LogP contribution in [0.15, 0.2) is 83.8 Å². The minimum atomic E-state index is -3.46. The standard InChI is InChI=1S/C26H26N2O2S/c1-19-7-5-6-10-25(19)31(29,30)28-17-23-26(24(18-28)27-23)22-15-13-21(14-16-22)12-11-20-8-3-2-4-9-20/h2-16,23-24,26-27H,17-18H2,1H3/t23-,24+,26?. The molecule has 3 aromatic carbocycles. The Morgan fingerprint density at radius 2 is 1.39 bits per heavy atom. The summed E-state index contributed by atoms with van der Waals surface area (Å²) in [6, 6.07) is 26.4. The molecule has 6 rings (SSSR count). The number of aryl methyl sites for hydroxylation is 1. The summed E-state index contributed by atoms with van der Waals surface area (Å²) >= 11 is 0. The Balaban J connectivity index is 1.28. The van der Waals surface area contributed by atoms with E-state index in [9.17, 15) is 8.42 Å². The fraction of sp³-hybridized carbons (Fsp3) is 0.231. The van der Waals surface area contributed by atoms with Gasteiger partial charge in [-0.05, 0) is 35.2 Å². The molecule has 3 aliphatic heterocycles. The highest BCUT2D eigenvalue weighted by atomic mass is 32.2. The molecule has 0 radical (unpaired) electrons. The first kappa shape index (κ1) is 20.2. The van der Waals surface area contributed by atoms with E-state index in [1.165, 1.54) is 11.1 Å². The summed E-state index contributed by atoms with van der Waals surface area (Å²) in [6.07, 6.45) is 4.23. The summed E-state index contributed by atoms with van der Waals surface area (Å²) in [5.41, 5.74) is 4.41. The van der Waals surface area contributed by atoms with Gasteiger partial charge in [0.15, 0.2) is 0 Å². The van der Waals surface area contributed by atoms with Gasteiger partial charge in [0.25, 0.3) is 0 Å². The molecular formula is C26H26N2O2S. The molecule has 5 heteroatoms. The van der Waals surface area contributed by atoms with Crippen molar-refractivity contribution in [3.63, 3.8) is 0 Å². The normalized spacial score (nSPS) is 23.6. The van der Waals surface area contributed by atoms with Crippen LogP contribution in [-0.2, 0) is 10.0 Å². The van der Waals surface area contributed by atoms with E-state index in [-0.39, 0.29) is 12.1 Å². The average molecular weight is 431 g/mol. The third-order valence-corrected chi connectivity index (χ3v) is 8.39. The number of sulfonamides is 1. The Labute approximate surface area is 184 Å². The summed E-state index contributed by atoms with van der Waals surface area (Å²) in [7, 11) is -3.46. The van der Waals surface area contributed by atoms with Crippen molar-refractivity contribution in [2.75, 3.05) is 13.1 Å². The molecule has 158 valence electrons. The molecule has 3 heterocycles. The van der Waals surface area contributed by atoms with E-state index in [4.69, 9.17) is 0 Å². The van der Waals surface area contributed by atoms with E-state index in [2.05, 4.69) is 53.9 Å². The maximum Gasteiger partial charge on any atom is 0.243 e. The Kier molecular flexibility index (Phi) is 5.26. The molecule has 0 aliphatic carbocycles. The van der Waals surface area contributed by atoms with E-state index in [1.54, 1.807) is 16.4 Å². The third kappa shape index (κ3) is 3.85. The van der Waals surface area contributed by atoms with Crippen LogP contribution >= 0.6 is 0 Å². The largest absolute Gasteiger partial charge is 0.307 e. The topological polar surface area (TPSA) is 49.4 Å². The van der Waals surface area contributed by atoms with Crippen LogP contribution < -0.4 is 5.32 Å². The quantitative estimate of drug-likeness (QED) is 0.614. The maximum absolute atomic E-state index is 13.1. The second kappa shape index (κ2) is 8.08. The number of piperazine rings is 1. The van der Waals surface area contributed by atoms with Gasteiger partial charge in [-0.3, -0.25) is 0 Å². The van der Waals surface area contributed by atoms with E-state index >= 15 is 0 Å². The number of hydrogen-bond acceptors (Lipinski definition) is 3. The van der Waals surface area contributed by atoms with Gasteiger partial charge >= 0.3 is 0 Å². The Bertz CT molecular complexity index is 1190. The number of hydrogen-bond donors (Lipinski definition) is 1. The van der Waals surface area contributed by atoms with Gasteiger partial charge in [-0.1, -0.05) is 84.9 Å². The van der Waals surface area contributed by atoms with Crippen molar-refractivity contribution in [1.29, 1.82) is 0 Å². The SMILES string of the molecule is Cc1ccccc1S(=O)(=O)N1C[C@@H]2N[C@H](C1)C2c1ccc(C=Cc2ccccc2)cc1. The summed E-state index contributed by atoms with van der Waals surface area (Å²) < 4.78 is 27.9. The van der Waals surface area contributed by atoms with Crippen molar-refractivity contribution in [2.24, 2.45) is 0 Å². The van der Waals surface area contributed by atoms with Crippen LogP contribution in [-0.4, -0.2) is 37.9 Å². The zero-order valence-electron chi connectivity index (χ0n) is 17.5. The lowest BCUT2D eigenvalue weighted by Crippen LogP contribution is -2.72. The smallest absolute Gasteiger partial charge is 0.243 e. The van der Waals surface area contributed by atoms with Crippen molar-refractivity contribution in [3.8, 4) is 0 Å². The van der Waals surface area contributed by atoms with Gasteiger partial charge in [0.1, 0.15) is 0 Å². The molecule has 0 amide bonds. The highest BCUT2D eigenvalue weighted by Crippen LogP contribution is 2.39. The zero-order valence-corrected chi connectivity index (χ0v) is 18.3. The maximum atomic E-state index is 13.1. The van der Waals surface area contributed by atoms with E-state index in [1.807, 2.05) is 37.3 Å². The number of rotatable bonds is 5. The van der Waals surface area contributed by atoms with Crippen LogP contribution in [0.2, 0.25) is 0 Å². The number of nitrogens with zero attached hydrogens (tertiary/aromatic N) is 1. The van der Waals surface area contributed by atoms with Crippen LogP contribution in [0, 0.1) is 6.92 Å². The summed E-state index contributed by atoms with van der Waals surface area (Å²) in [6.45, 7) is 2.87. The second-order valence-corrected chi connectivity index (χ2v) is 10.3. The molecule has 0 saturated carbocycles. The van der Waals surface area contributed by atoms with Gasteiger partial charge in [0.05, 0.1) is 4.90 Å². The van der Waals surface area contributed by atoms with Gasteiger partial charge in [-0.25, -0.2) is 8.42 Å². The monoisotopic (exact) mass is 430 g/mol.